The number of nitro benzene ring substituents is 1. The van der Waals surface area contributed by atoms with Gasteiger partial charge in [0.15, 0.2) is 5.96 Å². The minimum Gasteiger partial charge on any atom is -0.497 e. The number of hydrogen-bond donors (Lipinski definition) is 2. The molecule has 1 saturated heterocycles. The molecule has 2 aromatic carbocycles. The van der Waals surface area contributed by atoms with Crippen LogP contribution >= 0.6 is 0 Å². The van der Waals surface area contributed by atoms with Crippen molar-refractivity contribution >= 4 is 11.6 Å². The van der Waals surface area contributed by atoms with E-state index in [1.54, 1.807) is 26.3 Å². The summed E-state index contributed by atoms with van der Waals surface area (Å²) in [4.78, 5) is 17.4. The highest BCUT2D eigenvalue weighted by atomic mass is 16.6. The molecule has 0 bridgehead atoms. The van der Waals surface area contributed by atoms with Gasteiger partial charge >= 0.3 is 0 Å². The van der Waals surface area contributed by atoms with Gasteiger partial charge in [-0.3, -0.25) is 20.0 Å². The molecule has 1 unspecified atom stereocenters. The molecule has 30 heavy (non-hydrogen) atoms. The summed E-state index contributed by atoms with van der Waals surface area (Å²) < 4.78 is 5.41. The molecule has 0 aliphatic carbocycles. The number of methoxy groups -OCH3 is 1. The Morgan fingerprint density at radius 3 is 2.67 bits per heavy atom. The summed E-state index contributed by atoms with van der Waals surface area (Å²) >= 11 is 0. The lowest BCUT2D eigenvalue weighted by atomic mass is 10.1. The van der Waals surface area contributed by atoms with Gasteiger partial charge < -0.3 is 15.4 Å². The molecule has 8 nitrogen and oxygen atoms in total. The Labute approximate surface area is 177 Å². The molecular formula is C22H29N5O3. The van der Waals surface area contributed by atoms with Crippen LogP contribution in [0.4, 0.5) is 5.69 Å². The first-order valence-corrected chi connectivity index (χ1v) is 10.2. The van der Waals surface area contributed by atoms with Crippen molar-refractivity contribution in [1.82, 2.24) is 15.5 Å². The van der Waals surface area contributed by atoms with E-state index in [9.17, 15) is 10.1 Å². The van der Waals surface area contributed by atoms with Gasteiger partial charge in [-0.2, -0.15) is 0 Å². The largest absolute Gasteiger partial charge is 0.497 e. The lowest BCUT2D eigenvalue weighted by Crippen LogP contribution is -2.42. The molecule has 1 heterocycles. The number of non-ortho nitro benzene ring substituents is 1. The average molecular weight is 412 g/mol. The third-order valence-electron chi connectivity index (χ3n) is 5.33. The van der Waals surface area contributed by atoms with Gasteiger partial charge in [0.25, 0.3) is 5.69 Å². The summed E-state index contributed by atoms with van der Waals surface area (Å²) in [6, 6.07) is 15.0. The minimum absolute atomic E-state index is 0.0874. The molecule has 0 radical (unpaired) electrons. The van der Waals surface area contributed by atoms with Crippen LogP contribution in [0.1, 0.15) is 30.0 Å². The van der Waals surface area contributed by atoms with E-state index in [1.165, 1.54) is 24.5 Å². The molecule has 1 atom stereocenters. The fourth-order valence-electron chi connectivity index (χ4n) is 3.74. The Bertz CT molecular complexity index is 881. The van der Waals surface area contributed by atoms with E-state index < -0.39 is 0 Å². The topological polar surface area (TPSA) is 92.0 Å². The van der Waals surface area contributed by atoms with Gasteiger partial charge in [0, 0.05) is 32.3 Å². The van der Waals surface area contributed by atoms with Crippen molar-refractivity contribution in [2.45, 2.75) is 25.4 Å². The smallest absolute Gasteiger partial charge is 0.269 e. The fourth-order valence-corrected chi connectivity index (χ4v) is 3.74. The lowest BCUT2D eigenvalue weighted by molar-refractivity contribution is -0.384. The predicted octanol–water partition coefficient (Wildman–Crippen LogP) is 3.11. The number of guanidine groups is 1. The lowest BCUT2D eigenvalue weighted by Gasteiger charge is -2.29. The summed E-state index contributed by atoms with van der Waals surface area (Å²) in [6.07, 6.45) is 2.42. The normalized spacial score (nSPS) is 15.6. The standard InChI is InChI=1S/C22H29N5O3/c1-23-22(24-15-17-7-5-9-19(13-17)27(28)29)25-16-21(26-11-3-4-12-26)18-8-6-10-20(14-18)30-2/h5-10,13-14,21H,3-4,11-12,15-16H2,1-2H3,(H2,23,24,25). The molecule has 8 heteroatoms. The molecule has 0 aromatic heterocycles. The monoisotopic (exact) mass is 411 g/mol. The number of ether oxygens (including phenoxy) is 1. The number of nitro groups is 1. The highest BCUT2D eigenvalue weighted by Crippen LogP contribution is 2.27. The summed E-state index contributed by atoms with van der Waals surface area (Å²) in [6.45, 7) is 3.29. The number of rotatable bonds is 8. The van der Waals surface area contributed by atoms with Gasteiger partial charge in [0.05, 0.1) is 18.1 Å². The van der Waals surface area contributed by atoms with E-state index in [0.29, 0.717) is 19.0 Å². The minimum atomic E-state index is -0.384. The number of benzene rings is 2. The van der Waals surface area contributed by atoms with Crippen LogP contribution < -0.4 is 15.4 Å². The Kier molecular flexibility index (Phi) is 7.62. The SMILES string of the molecule is CN=C(NCc1cccc([N+](=O)[O-])c1)NCC(c1cccc(OC)c1)N1CCCC1. The molecule has 1 aliphatic rings. The van der Waals surface area contributed by atoms with Crippen LogP contribution in [0.25, 0.3) is 0 Å². The number of nitrogens with zero attached hydrogens (tertiary/aromatic N) is 3. The maximum Gasteiger partial charge on any atom is 0.269 e. The first-order valence-electron chi connectivity index (χ1n) is 10.2. The van der Waals surface area contributed by atoms with Crippen LogP contribution in [0.5, 0.6) is 5.75 Å². The van der Waals surface area contributed by atoms with Crippen LogP contribution in [-0.4, -0.2) is 49.6 Å². The van der Waals surface area contributed by atoms with E-state index in [0.717, 1.165) is 24.4 Å². The van der Waals surface area contributed by atoms with E-state index in [-0.39, 0.29) is 16.7 Å². The summed E-state index contributed by atoms with van der Waals surface area (Å²) in [5.41, 5.74) is 2.12. The van der Waals surface area contributed by atoms with Gasteiger partial charge in [0.1, 0.15) is 5.75 Å². The van der Waals surface area contributed by atoms with Gasteiger partial charge in [-0.1, -0.05) is 24.3 Å². The van der Waals surface area contributed by atoms with E-state index in [4.69, 9.17) is 4.74 Å². The van der Waals surface area contributed by atoms with E-state index in [1.807, 2.05) is 18.2 Å². The summed E-state index contributed by atoms with van der Waals surface area (Å²) in [5, 5.41) is 17.6. The fraction of sp³-hybridized carbons (Fsp3) is 0.409. The molecule has 1 aliphatic heterocycles. The second-order valence-corrected chi connectivity index (χ2v) is 7.27. The molecular weight excluding hydrogens is 382 g/mol. The van der Waals surface area contributed by atoms with Crippen LogP contribution in [0.3, 0.4) is 0 Å². The van der Waals surface area contributed by atoms with Crippen molar-refractivity contribution in [1.29, 1.82) is 0 Å². The second-order valence-electron chi connectivity index (χ2n) is 7.27. The second kappa shape index (κ2) is 10.6. The molecule has 160 valence electrons. The van der Waals surface area contributed by atoms with Crippen molar-refractivity contribution in [3.8, 4) is 5.75 Å². The average Bonchev–Trinajstić information content (AvgIpc) is 3.31. The van der Waals surface area contributed by atoms with Crippen LogP contribution in [0.15, 0.2) is 53.5 Å². The zero-order valence-corrected chi connectivity index (χ0v) is 17.5. The highest BCUT2D eigenvalue weighted by Gasteiger charge is 2.24. The Hall–Kier alpha value is -3.13. The quantitative estimate of drug-likeness (QED) is 0.300. The molecule has 0 saturated carbocycles. The van der Waals surface area contributed by atoms with Gasteiger partial charge in [-0.25, -0.2) is 0 Å². The van der Waals surface area contributed by atoms with Crippen molar-refractivity contribution in [3.05, 3.63) is 69.8 Å². The zero-order valence-electron chi connectivity index (χ0n) is 17.5. The molecule has 1 fully saturated rings. The number of nitrogens with one attached hydrogen (secondary N) is 2. The molecule has 2 N–H and O–H groups in total. The molecule has 3 rings (SSSR count). The molecule has 0 amide bonds. The van der Waals surface area contributed by atoms with Crippen LogP contribution in [0.2, 0.25) is 0 Å². The number of hydrogen-bond acceptors (Lipinski definition) is 5. The Morgan fingerprint density at radius 1 is 1.20 bits per heavy atom. The van der Waals surface area contributed by atoms with Crippen molar-refractivity contribution < 1.29 is 9.66 Å². The Balaban J connectivity index is 1.64. The van der Waals surface area contributed by atoms with Gasteiger partial charge in [-0.15, -0.1) is 0 Å². The highest BCUT2D eigenvalue weighted by molar-refractivity contribution is 5.79. The third kappa shape index (κ3) is 5.70. The maximum absolute atomic E-state index is 11.0. The third-order valence-corrected chi connectivity index (χ3v) is 5.33. The van der Waals surface area contributed by atoms with Crippen molar-refractivity contribution in [2.75, 3.05) is 33.8 Å². The predicted molar refractivity (Wildman–Crippen MR) is 118 cm³/mol. The summed E-state index contributed by atoms with van der Waals surface area (Å²) in [5.74, 6) is 1.51. The van der Waals surface area contributed by atoms with Gasteiger partial charge in [0.2, 0.25) is 0 Å². The van der Waals surface area contributed by atoms with E-state index in [2.05, 4.69) is 32.7 Å². The van der Waals surface area contributed by atoms with Crippen LogP contribution in [-0.2, 0) is 6.54 Å². The van der Waals surface area contributed by atoms with Crippen molar-refractivity contribution in [2.24, 2.45) is 4.99 Å². The van der Waals surface area contributed by atoms with Gasteiger partial charge in [-0.05, 0) is 49.2 Å². The maximum atomic E-state index is 11.0. The molecule has 2 aromatic rings. The van der Waals surface area contributed by atoms with E-state index >= 15 is 0 Å². The summed E-state index contributed by atoms with van der Waals surface area (Å²) in [7, 11) is 3.40. The zero-order chi connectivity index (χ0) is 21.3. The van der Waals surface area contributed by atoms with Crippen LogP contribution in [0, 0.1) is 10.1 Å². The number of likely N-dealkylation sites (tertiary alicyclic amines) is 1. The number of aliphatic imine (C=N–C) groups is 1. The first kappa shape index (κ1) is 21.6. The van der Waals surface area contributed by atoms with Crippen molar-refractivity contribution in [3.63, 3.8) is 0 Å². The first-order chi connectivity index (χ1) is 14.6. The molecule has 0 spiro atoms. The Morgan fingerprint density at radius 2 is 1.97 bits per heavy atom.